The van der Waals surface area contributed by atoms with Gasteiger partial charge in [0.2, 0.25) is 0 Å². The smallest absolute Gasteiger partial charge is 0.404 e. The monoisotopic (exact) mass is 230 g/mol. The van der Waals surface area contributed by atoms with Crippen molar-refractivity contribution in [2.75, 3.05) is 18.9 Å². The highest BCUT2D eigenvalue weighted by Gasteiger charge is 2.08. The second kappa shape index (κ2) is 5.15. The molecule has 0 aliphatic carbocycles. The van der Waals surface area contributed by atoms with Crippen molar-refractivity contribution in [1.29, 1.82) is 0 Å². The van der Waals surface area contributed by atoms with E-state index >= 15 is 0 Å². The first-order chi connectivity index (χ1) is 7.09. The minimum Gasteiger partial charge on any atom is -0.448 e. The van der Waals surface area contributed by atoms with E-state index in [0.717, 1.165) is 0 Å². The average molecular weight is 230 g/mol. The summed E-state index contributed by atoms with van der Waals surface area (Å²) in [7, 11) is 0. The van der Waals surface area contributed by atoms with Gasteiger partial charge in [-0.3, -0.25) is 4.79 Å². The molecule has 0 atom stereocenters. The average Bonchev–Trinajstić information content (AvgIpc) is 2.59. The van der Waals surface area contributed by atoms with Crippen LogP contribution in [0.2, 0.25) is 0 Å². The van der Waals surface area contributed by atoms with E-state index in [2.05, 4.69) is 15.0 Å². The molecular formula is C7H10N4O3S. The molecule has 0 aromatic carbocycles. The van der Waals surface area contributed by atoms with Crippen molar-refractivity contribution < 1.29 is 14.3 Å². The highest BCUT2D eigenvalue weighted by atomic mass is 32.1. The van der Waals surface area contributed by atoms with Crippen LogP contribution in [0.5, 0.6) is 0 Å². The van der Waals surface area contributed by atoms with Crippen LogP contribution in [0.4, 0.5) is 9.93 Å². The molecule has 0 saturated heterocycles. The molecule has 0 bridgehead atoms. The van der Waals surface area contributed by atoms with Gasteiger partial charge >= 0.3 is 6.09 Å². The molecule has 0 aliphatic rings. The number of nitrogens with zero attached hydrogens (tertiary/aromatic N) is 1. The van der Waals surface area contributed by atoms with E-state index in [1.54, 1.807) is 5.38 Å². The molecule has 0 fully saturated rings. The van der Waals surface area contributed by atoms with Crippen molar-refractivity contribution in [2.24, 2.45) is 5.73 Å². The van der Waals surface area contributed by atoms with Gasteiger partial charge in [-0.1, -0.05) is 0 Å². The maximum atomic E-state index is 11.3. The van der Waals surface area contributed by atoms with Crippen LogP contribution < -0.4 is 16.8 Å². The quantitative estimate of drug-likeness (QED) is 0.605. The molecule has 0 radical (unpaired) electrons. The lowest BCUT2D eigenvalue weighted by atomic mass is 10.4. The number of rotatable bonds is 4. The van der Waals surface area contributed by atoms with E-state index in [9.17, 15) is 9.59 Å². The number of nitrogens with two attached hydrogens (primary N) is 2. The number of carbonyl (C=O) groups excluding carboxylic acids is 2. The van der Waals surface area contributed by atoms with Gasteiger partial charge in [-0.15, -0.1) is 11.3 Å². The summed E-state index contributed by atoms with van der Waals surface area (Å²) >= 11 is 1.18. The molecule has 15 heavy (non-hydrogen) atoms. The Morgan fingerprint density at radius 2 is 2.33 bits per heavy atom. The Morgan fingerprint density at radius 3 is 2.87 bits per heavy atom. The summed E-state index contributed by atoms with van der Waals surface area (Å²) < 4.78 is 4.41. The van der Waals surface area contributed by atoms with Crippen LogP contribution in [0.25, 0.3) is 0 Å². The molecule has 0 spiro atoms. The van der Waals surface area contributed by atoms with Crippen LogP contribution in [0.3, 0.4) is 0 Å². The number of primary amides is 1. The first-order valence-corrected chi connectivity index (χ1v) is 4.89. The van der Waals surface area contributed by atoms with Crippen LogP contribution in [-0.4, -0.2) is 30.1 Å². The molecule has 2 amide bonds. The first-order valence-electron chi connectivity index (χ1n) is 4.01. The summed E-state index contributed by atoms with van der Waals surface area (Å²) in [5.74, 6) is -0.365. The Morgan fingerprint density at radius 1 is 1.60 bits per heavy atom. The Balaban J connectivity index is 2.28. The second-order valence-corrected chi connectivity index (χ2v) is 3.38. The van der Waals surface area contributed by atoms with Gasteiger partial charge in [0.15, 0.2) is 5.13 Å². The van der Waals surface area contributed by atoms with Crippen LogP contribution in [0.15, 0.2) is 5.38 Å². The van der Waals surface area contributed by atoms with E-state index in [1.807, 2.05) is 0 Å². The highest BCUT2D eigenvalue weighted by molar-refractivity contribution is 7.13. The van der Waals surface area contributed by atoms with Crippen LogP contribution in [0, 0.1) is 0 Å². The lowest BCUT2D eigenvalue weighted by molar-refractivity contribution is 0.0932. The number of amides is 2. The molecule has 8 heteroatoms. The Kier molecular flexibility index (Phi) is 3.86. The van der Waals surface area contributed by atoms with Gasteiger partial charge in [-0.25, -0.2) is 9.78 Å². The summed E-state index contributed by atoms with van der Waals surface area (Å²) in [6.45, 7) is 0.208. The third kappa shape index (κ3) is 3.81. The molecule has 82 valence electrons. The molecular weight excluding hydrogens is 220 g/mol. The molecule has 5 N–H and O–H groups in total. The maximum Gasteiger partial charge on any atom is 0.404 e. The predicted octanol–water partition coefficient (Wildman–Crippen LogP) is -0.450. The topological polar surface area (TPSA) is 120 Å². The third-order valence-electron chi connectivity index (χ3n) is 1.39. The zero-order chi connectivity index (χ0) is 11.3. The van der Waals surface area contributed by atoms with Gasteiger partial charge in [-0.2, -0.15) is 0 Å². The van der Waals surface area contributed by atoms with E-state index < -0.39 is 6.09 Å². The number of carbonyl (C=O) groups is 2. The molecule has 0 aliphatic heterocycles. The molecule has 0 saturated carbocycles. The Hall–Kier alpha value is -1.83. The number of nitrogen functional groups attached to an aromatic ring is 1. The summed E-state index contributed by atoms with van der Waals surface area (Å²) in [5.41, 5.74) is 10.3. The van der Waals surface area contributed by atoms with Crippen molar-refractivity contribution in [3.63, 3.8) is 0 Å². The van der Waals surface area contributed by atoms with Crippen molar-refractivity contribution in [2.45, 2.75) is 0 Å². The van der Waals surface area contributed by atoms with Crippen molar-refractivity contribution in [3.8, 4) is 0 Å². The number of hydrogen-bond acceptors (Lipinski definition) is 6. The fourth-order valence-electron chi connectivity index (χ4n) is 0.799. The normalized spacial score (nSPS) is 9.60. The standard InChI is InChI=1S/C7H10N4O3S/c8-6-11-4(3-15-6)5(12)10-1-2-14-7(9)13/h3H,1-2H2,(H2,8,11)(H2,9,13)(H,10,12). The van der Waals surface area contributed by atoms with Gasteiger partial charge in [0, 0.05) is 5.38 Å². The number of nitrogens with one attached hydrogen (secondary N) is 1. The minimum absolute atomic E-state index is 0.0285. The molecule has 1 aromatic heterocycles. The van der Waals surface area contributed by atoms with Crippen molar-refractivity contribution in [3.05, 3.63) is 11.1 Å². The largest absolute Gasteiger partial charge is 0.448 e. The van der Waals surface area contributed by atoms with Crippen molar-refractivity contribution >= 4 is 28.5 Å². The molecule has 7 nitrogen and oxygen atoms in total. The zero-order valence-electron chi connectivity index (χ0n) is 7.73. The molecule has 1 aromatic rings. The summed E-state index contributed by atoms with van der Waals surface area (Å²) in [4.78, 5) is 25.3. The van der Waals surface area contributed by atoms with E-state index in [1.165, 1.54) is 11.3 Å². The fourth-order valence-corrected chi connectivity index (χ4v) is 1.34. The summed E-state index contributed by atoms with van der Waals surface area (Å²) in [6.07, 6.45) is -0.873. The number of hydrogen-bond donors (Lipinski definition) is 3. The Bertz CT molecular complexity index is 365. The van der Waals surface area contributed by atoms with Crippen molar-refractivity contribution in [1.82, 2.24) is 10.3 Å². The molecule has 1 heterocycles. The minimum atomic E-state index is -0.873. The maximum absolute atomic E-state index is 11.3. The third-order valence-corrected chi connectivity index (χ3v) is 2.06. The predicted molar refractivity (Wildman–Crippen MR) is 54.4 cm³/mol. The lowest BCUT2D eigenvalue weighted by Gasteiger charge is -2.02. The van der Waals surface area contributed by atoms with Crippen LogP contribution in [0.1, 0.15) is 10.5 Å². The highest BCUT2D eigenvalue weighted by Crippen LogP contribution is 2.10. The fraction of sp³-hybridized carbons (Fsp3) is 0.286. The van der Waals surface area contributed by atoms with Crippen LogP contribution in [-0.2, 0) is 4.74 Å². The number of aromatic nitrogens is 1. The van der Waals surface area contributed by atoms with E-state index in [4.69, 9.17) is 11.5 Å². The van der Waals surface area contributed by atoms with E-state index in [0.29, 0.717) is 5.13 Å². The van der Waals surface area contributed by atoms with Gasteiger partial charge in [-0.05, 0) is 0 Å². The first kappa shape index (κ1) is 11.2. The molecule has 0 unspecified atom stereocenters. The summed E-state index contributed by atoms with van der Waals surface area (Å²) in [5, 5.41) is 4.35. The summed E-state index contributed by atoms with van der Waals surface area (Å²) in [6, 6.07) is 0. The zero-order valence-corrected chi connectivity index (χ0v) is 8.54. The lowest BCUT2D eigenvalue weighted by Crippen LogP contribution is -2.29. The van der Waals surface area contributed by atoms with Gasteiger partial charge in [0.1, 0.15) is 12.3 Å². The number of ether oxygens (including phenoxy) is 1. The molecule has 1 rings (SSSR count). The SMILES string of the molecule is NC(=O)OCCNC(=O)c1csc(N)n1. The number of anilines is 1. The van der Waals surface area contributed by atoms with Crippen LogP contribution >= 0.6 is 11.3 Å². The number of thiazole rings is 1. The van der Waals surface area contributed by atoms with Gasteiger partial charge < -0.3 is 21.5 Å². The second-order valence-electron chi connectivity index (χ2n) is 2.49. The Labute approximate surface area is 89.4 Å². The van der Waals surface area contributed by atoms with E-state index in [-0.39, 0.29) is 24.8 Å². The van der Waals surface area contributed by atoms with Gasteiger partial charge in [0.25, 0.3) is 5.91 Å². The van der Waals surface area contributed by atoms with Gasteiger partial charge in [0.05, 0.1) is 6.54 Å².